The lowest BCUT2D eigenvalue weighted by Gasteiger charge is -2.16. The Morgan fingerprint density at radius 1 is 1.56 bits per heavy atom. The summed E-state index contributed by atoms with van der Waals surface area (Å²) in [4.78, 5) is 16.2. The number of fused-ring (bicyclic) bond motifs is 1. The van der Waals surface area contributed by atoms with Crippen molar-refractivity contribution in [2.45, 2.75) is 26.8 Å². The highest BCUT2D eigenvalue weighted by molar-refractivity contribution is 5.87. The predicted molar refractivity (Wildman–Crippen MR) is 72.3 cm³/mol. The summed E-state index contributed by atoms with van der Waals surface area (Å²) in [5, 5.41) is 2.80. The van der Waals surface area contributed by atoms with E-state index in [1.165, 1.54) is 0 Å². The van der Waals surface area contributed by atoms with Crippen LogP contribution in [-0.2, 0) is 4.79 Å². The van der Waals surface area contributed by atoms with Crippen LogP contribution >= 0.6 is 0 Å². The number of hydrogen-bond acceptors (Lipinski definition) is 3. The fraction of sp³-hybridized carbons (Fsp3) is 0.385. The van der Waals surface area contributed by atoms with E-state index in [-0.39, 0.29) is 11.9 Å². The third kappa shape index (κ3) is 1.92. The number of nitrogen functional groups attached to an aromatic ring is 1. The molecule has 0 fully saturated rings. The molecule has 0 spiro atoms. The van der Waals surface area contributed by atoms with Crippen molar-refractivity contribution in [2.24, 2.45) is 0 Å². The molecule has 0 aliphatic heterocycles. The zero-order valence-corrected chi connectivity index (χ0v) is 10.9. The van der Waals surface area contributed by atoms with Gasteiger partial charge in [0, 0.05) is 6.54 Å². The number of aryl methyl sites for hydroxylation is 1. The number of imidazole rings is 1. The Morgan fingerprint density at radius 3 is 2.94 bits per heavy atom. The SMILES string of the molecule is CCNC(=O)C(C)n1c(N)nc2cccc(C)c21. The lowest BCUT2D eigenvalue weighted by Crippen LogP contribution is -2.31. The van der Waals surface area contributed by atoms with Crippen molar-refractivity contribution in [3.63, 3.8) is 0 Å². The second-order valence-electron chi connectivity index (χ2n) is 4.35. The monoisotopic (exact) mass is 246 g/mol. The molecule has 3 N–H and O–H groups in total. The van der Waals surface area contributed by atoms with E-state index in [2.05, 4.69) is 10.3 Å². The smallest absolute Gasteiger partial charge is 0.242 e. The number of para-hydroxylation sites is 1. The molecule has 0 aliphatic rings. The van der Waals surface area contributed by atoms with E-state index in [1.54, 1.807) is 4.57 Å². The maximum Gasteiger partial charge on any atom is 0.242 e. The van der Waals surface area contributed by atoms with E-state index in [4.69, 9.17) is 5.73 Å². The molecule has 5 nitrogen and oxygen atoms in total. The van der Waals surface area contributed by atoms with Gasteiger partial charge in [0.25, 0.3) is 0 Å². The highest BCUT2D eigenvalue weighted by atomic mass is 16.2. The number of nitrogens with two attached hydrogens (primary N) is 1. The highest BCUT2D eigenvalue weighted by Gasteiger charge is 2.20. The number of nitrogens with one attached hydrogen (secondary N) is 1. The summed E-state index contributed by atoms with van der Waals surface area (Å²) in [6, 6.07) is 5.46. The molecule has 1 aromatic heterocycles. The minimum absolute atomic E-state index is 0.0493. The van der Waals surface area contributed by atoms with Gasteiger partial charge in [0.15, 0.2) is 0 Å². The van der Waals surface area contributed by atoms with Gasteiger partial charge in [-0.3, -0.25) is 9.36 Å². The summed E-state index contributed by atoms with van der Waals surface area (Å²) in [6.07, 6.45) is 0. The summed E-state index contributed by atoms with van der Waals surface area (Å²) in [5.41, 5.74) is 8.74. The minimum Gasteiger partial charge on any atom is -0.369 e. The average molecular weight is 246 g/mol. The van der Waals surface area contributed by atoms with Gasteiger partial charge in [0.1, 0.15) is 6.04 Å². The van der Waals surface area contributed by atoms with Gasteiger partial charge >= 0.3 is 0 Å². The first-order chi connectivity index (χ1) is 8.56. The van der Waals surface area contributed by atoms with Crippen molar-refractivity contribution in [1.29, 1.82) is 0 Å². The Morgan fingerprint density at radius 2 is 2.28 bits per heavy atom. The van der Waals surface area contributed by atoms with Crippen molar-refractivity contribution >= 4 is 22.9 Å². The number of rotatable bonds is 3. The molecular weight excluding hydrogens is 228 g/mol. The topological polar surface area (TPSA) is 72.9 Å². The van der Waals surface area contributed by atoms with Gasteiger partial charge in [-0.2, -0.15) is 0 Å². The molecule has 1 aromatic carbocycles. The number of aromatic nitrogens is 2. The zero-order chi connectivity index (χ0) is 13.3. The zero-order valence-electron chi connectivity index (χ0n) is 10.9. The molecule has 18 heavy (non-hydrogen) atoms. The summed E-state index contributed by atoms with van der Waals surface area (Å²) in [5.74, 6) is 0.324. The molecule has 1 amide bonds. The van der Waals surface area contributed by atoms with Crippen molar-refractivity contribution in [3.05, 3.63) is 23.8 Å². The van der Waals surface area contributed by atoms with Crippen molar-refractivity contribution in [2.75, 3.05) is 12.3 Å². The molecule has 2 aromatic rings. The van der Waals surface area contributed by atoms with Crippen molar-refractivity contribution in [3.8, 4) is 0 Å². The molecular formula is C13H18N4O. The Balaban J connectivity index is 2.56. The van der Waals surface area contributed by atoms with Gasteiger partial charge in [0.2, 0.25) is 11.9 Å². The number of nitrogens with zero attached hydrogens (tertiary/aromatic N) is 2. The maximum absolute atomic E-state index is 11.9. The number of amides is 1. The molecule has 0 saturated heterocycles. The van der Waals surface area contributed by atoms with Gasteiger partial charge in [-0.15, -0.1) is 0 Å². The number of hydrogen-bond donors (Lipinski definition) is 2. The second kappa shape index (κ2) is 4.68. The fourth-order valence-corrected chi connectivity index (χ4v) is 2.17. The van der Waals surface area contributed by atoms with Gasteiger partial charge < -0.3 is 11.1 Å². The van der Waals surface area contributed by atoms with Crippen LogP contribution in [0.2, 0.25) is 0 Å². The third-order valence-corrected chi connectivity index (χ3v) is 3.06. The highest BCUT2D eigenvalue weighted by Crippen LogP contribution is 2.25. The summed E-state index contributed by atoms with van der Waals surface area (Å²) >= 11 is 0. The first-order valence-corrected chi connectivity index (χ1v) is 6.07. The number of carbonyl (C=O) groups is 1. The van der Waals surface area contributed by atoms with Crippen LogP contribution < -0.4 is 11.1 Å². The quantitative estimate of drug-likeness (QED) is 0.864. The van der Waals surface area contributed by atoms with Crippen LogP contribution in [0.15, 0.2) is 18.2 Å². The van der Waals surface area contributed by atoms with Gasteiger partial charge in [-0.1, -0.05) is 12.1 Å². The molecule has 96 valence electrons. The largest absolute Gasteiger partial charge is 0.369 e. The summed E-state index contributed by atoms with van der Waals surface area (Å²) < 4.78 is 1.79. The summed E-state index contributed by atoms with van der Waals surface area (Å²) in [7, 11) is 0. The van der Waals surface area contributed by atoms with E-state index in [0.29, 0.717) is 12.5 Å². The van der Waals surface area contributed by atoms with Crippen LogP contribution in [0.4, 0.5) is 5.95 Å². The standard InChI is InChI=1S/C13H18N4O/c1-4-15-12(18)9(3)17-11-8(2)6-5-7-10(11)16-13(17)14/h5-7,9H,4H2,1-3H3,(H2,14,16)(H,15,18). The Kier molecular flexibility index (Phi) is 3.23. The molecule has 2 rings (SSSR count). The Labute approximate surface area is 106 Å². The van der Waals surface area contributed by atoms with Crippen LogP contribution in [0, 0.1) is 6.92 Å². The molecule has 1 atom stereocenters. The molecule has 5 heteroatoms. The Bertz CT molecular complexity index is 588. The predicted octanol–water partition coefficient (Wildman–Crippen LogP) is 1.62. The van der Waals surface area contributed by atoms with Crippen LogP contribution in [0.25, 0.3) is 11.0 Å². The lowest BCUT2D eigenvalue weighted by atomic mass is 10.2. The van der Waals surface area contributed by atoms with Crippen LogP contribution in [0.5, 0.6) is 0 Å². The van der Waals surface area contributed by atoms with Gasteiger partial charge in [-0.05, 0) is 32.4 Å². The van der Waals surface area contributed by atoms with Crippen molar-refractivity contribution < 1.29 is 4.79 Å². The molecule has 0 saturated carbocycles. The number of carbonyl (C=O) groups excluding carboxylic acids is 1. The lowest BCUT2D eigenvalue weighted by molar-refractivity contribution is -0.123. The molecule has 0 aliphatic carbocycles. The van der Waals surface area contributed by atoms with Gasteiger partial charge in [0.05, 0.1) is 11.0 Å². The second-order valence-corrected chi connectivity index (χ2v) is 4.35. The van der Waals surface area contributed by atoms with E-state index in [1.807, 2.05) is 39.0 Å². The van der Waals surface area contributed by atoms with Crippen molar-refractivity contribution in [1.82, 2.24) is 14.9 Å². The number of likely N-dealkylation sites (N-methyl/N-ethyl adjacent to an activating group) is 1. The first kappa shape index (κ1) is 12.4. The number of anilines is 1. The Hall–Kier alpha value is -2.04. The van der Waals surface area contributed by atoms with E-state index in [9.17, 15) is 4.79 Å². The minimum atomic E-state index is -0.365. The van der Waals surface area contributed by atoms with Crippen LogP contribution in [-0.4, -0.2) is 22.0 Å². The van der Waals surface area contributed by atoms with E-state index >= 15 is 0 Å². The first-order valence-electron chi connectivity index (χ1n) is 6.07. The van der Waals surface area contributed by atoms with E-state index < -0.39 is 0 Å². The molecule has 1 unspecified atom stereocenters. The molecule has 0 radical (unpaired) electrons. The summed E-state index contributed by atoms with van der Waals surface area (Å²) in [6.45, 7) is 6.32. The van der Waals surface area contributed by atoms with Gasteiger partial charge in [-0.25, -0.2) is 4.98 Å². The maximum atomic E-state index is 11.9. The fourth-order valence-electron chi connectivity index (χ4n) is 2.17. The average Bonchev–Trinajstić information content (AvgIpc) is 2.66. The normalized spacial score (nSPS) is 12.6. The molecule has 1 heterocycles. The van der Waals surface area contributed by atoms with Crippen LogP contribution in [0.1, 0.15) is 25.5 Å². The third-order valence-electron chi connectivity index (χ3n) is 3.06. The van der Waals surface area contributed by atoms with Crippen LogP contribution in [0.3, 0.4) is 0 Å². The van der Waals surface area contributed by atoms with E-state index in [0.717, 1.165) is 16.6 Å². The molecule has 0 bridgehead atoms. The number of benzene rings is 1.